The average Bonchev–Trinajstić information content (AvgIpc) is 2.73. The van der Waals surface area contributed by atoms with Gasteiger partial charge in [0.15, 0.2) is 0 Å². The Labute approximate surface area is 160 Å². The number of pyridine rings is 2. The zero-order chi connectivity index (χ0) is 19.3. The lowest BCUT2D eigenvalue weighted by atomic mass is 10.2. The fourth-order valence-corrected chi connectivity index (χ4v) is 2.82. The van der Waals surface area contributed by atoms with Crippen molar-refractivity contribution in [3.63, 3.8) is 0 Å². The molecule has 0 spiro atoms. The number of para-hydroxylation sites is 2. The number of hydrogen-bond acceptors (Lipinski definition) is 4. The molecule has 136 valence electrons. The molecule has 0 N–H and O–H groups in total. The van der Waals surface area contributed by atoms with E-state index in [1.165, 1.54) is 9.46 Å². The lowest BCUT2D eigenvalue weighted by Crippen LogP contribution is -2.46. The van der Waals surface area contributed by atoms with E-state index < -0.39 is 11.9 Å². The average molecular weight is 372 g/mol. The van der Waals surface area contributed by atoms with Crippen LogP contribution in [-0.2, 0) is 9.59 Å². The molecule has 0 aliphatic carbocycles. The van der Waals surface area contributed by atoms with Gasteiger partial charge in [0.2, 0.25) is 12.4 Å². The summed E-state index contributed by atoms with van der Waals surface area (Å²) in [6.45, 7) is 0. The molecule has 6 heteroatoms. The highest BCUT2D eigenvalue weighted by Gasteiger charge is 2.16. The van der Waals surface area contributed by atoms with E-state index in [9.17, 15) is 9.59 Å². The van der Waals surface area contributed by atoms with E-state index in [1.54, 1.807) is 24.5 Å². The molecule has 2 heterocycles. The molecule has 0 unspecified atom stereocenters. The third-order valence-electron chi connectivity index (χ3n) is 4.08. The van der Waals surface area contributed by atoms with Crippen LogP contribution in [0, 0.1) is 0 Å². The molecule has 2 aromatic heterocycles. The van der Waals surface area contributed by atoms with Crippen LogP contribution in [0.4, 0.5) is 0 Å². The molecule has 0 atom stereocenters. The number of rotatable bonds is 4. The molecule has 4 rings (SSSR count). The van der Waals surface area contributed by atoms with Gasteiger partial charge in [-0.15, -0.1) is 0 Å². The molecule has 0 aliphatic rings. The van der Waals surface area contributed by atoms with Gasteiger partial charge in [-0.3, -0.25) is 0 Å². The van der Waals surface area contributed by atoms with Gasteiger partial charge in [0, 0.05) is 45.9 Å². The van der Waals surface area contributed by atoms with Crippen molar-refractivity contribution in [3.8, 4) is 0 Å². The minimum Gasteiger partial charge on any atom is -0.239 e. The van der Waals surface area contributed by atoms with E-state index in [0.717, 1.165) is 34.0 Å². The second-order valence-corrected chi connectivity index (χ2v) is 5.94. The van der Waals surface area contributed by atoms with Gasteiger partial charge < -0.3 is 0 Å². The van der Waals surface area contributed by atoms with Crippen LogP contribution in [-0.4, -0.2) is 11.9 Å². The molecule has 0 saturated carbocycles. The van der Waals surface area contributed by atoms with Crippen LogP contribution in [0.1, 0.15) is 0 Å². The summed E-state index contributed by atoms with van der Waals surface area (Å²) in [5.41, 5.74) is 1.47. The first-order chi connectivity index (χ1) is 13.7. The Morgan fingerprint density at radius 1 is 0.607 bits per heavy atom. The normalized spacial score (nSPS) is 11.0. The Hall–Kier alpha value is -4.06. The lowest BCUT2D eigenvalue weighted by Gasteiger charge is -1.98. The molecular formula is C22H16N2O4+2. The molecule has 4 aromatic rings. The molecule has 0 bridgehead atoms. The molecule has 2 aromatic carbocycles. The van der Waals surface area contributed by atoms with E-state index in [4.69, 9.17) is 9.68 Å². The van der Waals surface area contributed by atoms with Crippen molar-refractivity contribution in [2.45, 2.75) is 0 Å². The zero-order valence-electron chi connectivity index (χ0n) is 14.8. The van der Waals surface area contributed by atoms with Crippen molar-refractivity contribution in [3.05, 3.63) is 97.3 Å². The Balaban J connectivity index is 1.46. The van der Waals surface area contributed by atoms with Gasteiger partial charge in [-0.1, -0.05) is 24.3 Å². The van der Waals surface area contributed by atoms with Crippen LogP contribution in [0.15, 0.2) is 97.3 Å². The standard InChI is InChI=1S/C22H16N2O4/c25-21(27-23-15-5-9-17-7-1-3-11-19(17)23)13-14-22(26)28-24-16-6-10-18-8-2-4-12-20(18)24/h1-16H/q+2/b14-13-. The second-order valence-electron chi connectivity index (χ2n) is 5.94. The monoisotopic (exact) mass is 372 g/mol. The van der Waals surface area contributed by atoms with Crippen LogP contribution in [0.5, 0.6) is 0 Å². The summed E-state index contributed by atoms with van der Waals surface area (Å²) in [6, 6.07) is 22.3. The number of aromatic nitrogens is 2. The first-order valence-electron chi connectivity index (χ1n) is 8.62. The van der Waals surface area contributed by atoms with Gasteiger partial charge >= 0.3 is 11.9 Å². The fraction of sp³-hybridized carbons (Fsp3) is 0. The largest absolute Gasteiger partial charge is 0.404 e. The van der Waals surface area contributed by atoms with Crippen molar-refractivity contribution >= 4 is 33.7 Å². The number of carbonyl (C=O) groups excluding carboxylic acids is 2. The van der Waals surface area contributed by atoms with Gasteiger partial charge in [0.1, 0.15) is 0 Å². The van der Waals surface area contributed by atoms with E-state index >= 15 is 0 Å². The Morgan fingerprint density at radius 3 is 1.46 bits per heavy atom. The quantitative estimate of drug-likeness (QED) is 0.404. The molecule has 0 aliphatic heterocycles. The van der Waals surface area contributed by atoms with Crippen LogP contribution < -0.4 is 19.1 Å². The summed E-state index contributed by atoms with van der Waals surface area (Å²) in [7, 11) is 0. The minimum absolute atomic E-state index is 0.693. The highest BCUT2D eigenvalue weighted by atomic mass is 16.7. The molecule has 0 fully saturated rings. The van der Waals surface area contributed by atoms with Crippen LogP contribution in [0.3, 0.4) is 0 Å². The molecular weight excluding hydrogens is 356 g/mol. The Bertz CT molecular complexity index is 1110. The number of carbonyl (C=O) groups is 2. The maximum atomic E-state index is 12.1. The van der Waals surface area contributed by atoms with Gasteiger partial charge in [-0.25, -0.2) is 9.59 Å². The topological polar surface area (TPSA) is 60.4 Å². The summed E-state index contributed by atoms with van der Waals surface area (Å²) in [6.07, 6.45) is 5.31. The summed E-state index contributed by atoms with van der Waals surface area (Å²) in [5.74, 6) is -1.39. The number of benzene rings is 2. The smallest absolute Gasteiger partial charge is 0.239 e. The van der Waals surface area contributed by atoms with Crippen LogP contribution in [0.2, 0.25) is 0 Å². The Kier molecular flexibility index (Phi) is 4.76. The van der Waals surface area contributed by atoms with Crippen molar-refractivity contribution < 1.29 is 28.7 Å². The van der Waals surface area contributed by atoms with Gasteiger partial charge in [-0.2, -0.15) is 9.68 Å². The predicted molar refractivity (Wildman–Crippen MR) is 101 cm³/mol. The van der Waals surface area contributed by atoms with Gasteiger partial charge in [0.05, 0.1) is 10.8 Å². The first-order valence-corrected chi connectivity index (χ1v) is 8.62. The van der Waals surface area contributed by atoms with Crippen LogP contribution >= 0.6 is 0 Å². The summed E-state index contributed by atoms with van der Waals surface area (Å²) in [4.78, 5) is 34.7. The van der Waals surface area contributed by atoms with Gasteiger partial charge in [0.25, 0.3) is 11.0 Å². The second kappa shape index (κ2) is 7.67. The minimum atomic E-state index is -0.693. The summed E-state index contributed by atoms with van der Waals surface area (Å²) >= 11 is 0. The van der Waals surface area contributed by atoms with Crippen molar-refractivity contribution in [2.75, 3.05) is 0 Å². The predicted octanol–water partition coefficient (Wildman–Crippen LogP) is 1.73. The van der Waals surface area contributed by atoms with Crippen molar-refractivity contribution in [2.24, 2.45) is 0 Å². The van der Waals surface area contributed by atoms with Crippen LogP contribution in [0.25, 0.3) is 21.8 Å². The van der Waals surface area contributed by atoms with Gasteiger partial charge in [-0.05, 0) is 24.3 Å². The highest BCUT2D eigenvalue weighted by Crippen LogP contribution is 2.08. The summed E-state index contributed by atoms with van der Waals surface area (Å²) in [5, 5.41) is 1.85. The fourth-order valence-electron chi connectivity index (χ4n) is 2.82. The van der Waals surface area contributed by atoms with E-state index in [1.807, 2.05) is 60.7 Å². The van der Waals surface area contributed by atoms with E-state index in [0.29, 0.717) is 0 Å². The molecule has 0 saturated heterocycles. The first kappa shape index (κ1) is 17.4. The number of fused-ring (bicyclic) bond motifs is 2. The molecule has 0 radical (unpaired) electrons. The van der Waals surface area contributed by atoms with Crippen molar-refractivity contribution in [1.29, 1.82) is 0 Å². The molecule has 28 heavy (non-hydrogen) atoms. The third kappa shape index (κ3) is 3.71. The third-order valence-corrected chi connectivity index (χ3v) is 4.08. The maximum absolute atomic E-state index is 12.1. The molecule has 6 nitrogen and oxygen atoms in total. The highest BCUT2D eigenvalue weighted by molar-refractivity contribution is 5.91. The SMILES string of the molecule is O=C(/C=C\C(=O)O[n+]1cccc2ccccc21)O[n+]1cccc2ccccc21. The summed E-state index contributed by atoms with van der Waals surface area (Å²) < 4.78 is 2.71. The van der Waals surface area contributed by atoms with E-state index in [-0.39, 0.29) is 0 Å². The Morgan fingerprint density at radius 2 is 1.00 bits per heavy atom. The zero-order valence-corrected chi connectivity index (χ0v) is 14.8. The lowest BCUT2D eigenvalue weighted by molar-refractivity contribution is -0.848. The number of nitrogens with zero attached hydrogens (tertiary/aromatic N) is 2. The van der Waals surface area contributed by atoms with Crippen molar-refractivity contribution in [1.82, 2.24) is 0 Å². The maximum Gasteiger partial charge on any atom is 0.404 e. The molecule has 0 amide bonds. The van der Waals surface area contributed by atoms with E-state index in [2.05, 4.69) is 0 Å². The number of hydrogen-bond donors (Lipinski definition) is 0.